The molecule has 0 aliphatic rings. The normalized spacial score (nSPS) is 12.4. The van der Waals surface area contributed by atoms with E-state index in [0.717, 1.165) is 6.08 Å². The van der Waals surface area contributed by atoms with Crippen LogP contribution in [0, 0.1) is 0 Å². The molecule has 1 rings (SSSR count). The van der Waals surface area contributed by atoms with Gasteiger partial charge in [-0.15, -0.1) is 0 Å². The van der Waals surface area contributed by atoms with Gasteiger partial charge < -0.3 is 20.3 Å². The van der Waals surface area contributed by atoms with Crippen molar-refractivity contribution in [1.82, 2.24) is 0 Å². The van der Waals surface area contributed by atoms with E-state index >= 15 is 0 Å². The molecule has 0 radical (unpaired) electrons. The molecule has 1 aromatic rings. The minimum atomic E-state index is -1.03. The highest BCUT2D eigenvalue weighted by atomic mass is 16.5. The Labute approximate surface area is 99.5 Å². The zero-order chi connectivity index (χ0) is 12.8. The monoisotopic (exact) mass is 237 g/mol. The first-order valence-corrected chi connectivity index (χ1v) is 4.97. The van der Waals surface area contributed by atoms with Crippen LogP contribution in [0.25, 0.3) is 0 Å². The van der Waals surface area contributed by atoms with Gasteiger partial charge in [0.1, 0.15) is 11.5 Å². The summed E-state index contributed by atoms with van der Waals surface area (Å²) in [6.07, 6.45) is 2.40. The average molecular weight is 237 g/mol. The Hall–Kier alpha value is -2.01. The molecular formula is C12H15NO4. The van der Waals surface area contributed by atoms with Crippen LogP contribution >= 0.6 is 0 Å². The lowest BCUT2D eigenvalue weighted by atomic mass is 10.1. The molecule has 0 spiro atoms. The second-order valence-electron chi connectivity index (χ2n) is 3.33. The number of ether oxygens (including phenoxy) is 2. The summed E-state index contributed by atoms with van der Waals surface area (Å²) in [5.41, 5.74) is 6.54. The molecule has 0 aliphatic heterocycles. The van der Waals surface area contributed by atoms with Crippen molar-refractivity contribution in [1.29, 1.82) is 0 Å². The SMILES string of the molecule is COc1ccc(C(N)/C=C/C(=O)O)c(OC)c1. The average Bonchev–Trinajstić information content (AvgIpc) is 2.34. The molecule has 0 fully saturated rings. The first-order valence-electron chi connectivity index (χ1n) is 4.97. The third-order valence-electron chi connectivity index (χ3n) is 2.25. The molecule has 1 atom stereocenters. The van der Waals surface area contributed by atoms with E-state index in [1.54, 1.807) is 25.3 Å². The van der Waals surface area contributed by atoms with Crippen molar-refractivity contribution in [2.45, 2.75) is 6.04 Å². The number of benzene rings is 1. The van der Waals surface area contributed by atoms with E-state index in [0.29, 0.717) is 17.1 Å². The maximum Gasteiger partial charge on any atom is 0.328 e. The van der Waals surface area contributed by atoms with E-state index in [9.17, 15) is 4.79 Å². The topological polar surface area (TPSA) is 81.8 Å². The standard InChI is InChI=1S/C12H15NO4/c1-16-8-3-4-9(11(7-8)17-2)10(13)5-6-12(14)15/h3-7,10H,13H2,1-2H3,(H,14,15)/b6-5+. The number of rotatable bonds is 5. The summed E-state index contributed by atoms with van der Waals surface area (Å²) in [5.74, 6) is 0.180. The summed E-state index contributed by atoms with van der Waals surface area (Å²) in [7, 11) is 3.07. The van der Waals surface area contributed by atoms with Gasteiger partial charge in [-0.1, -0.05) is 6.08 Å². The lowest BCUT2D eigenvalue weighted by Gasteiger charge is -2.13. The van der Waals surface area contributed by atoms with E-state index in [1.165, 1.54) is 13.2 Å². The molecule has 3 N–H and O–H groups in total. The van der Waals surface area contributed by atoms with E-state index in [-0.39, 0.29) is 0 Å². The third kappa shape index (κ3) is 3.49. The maximum atomic E-state index is 10.4. The molecule has 0 amide bonds. The number of hydrogen-bond donors (Lipinski definition) is 2. The zero-order valence-electron chi connectivity index (χ0n) is 9.71. The highest BCUT2D eigenvalue weighted by Gasteiger charge is 2.10. The van der Waals surface area contributed by atoms with Crippen molar-refractivity contribution < 1.29 is 19.4 Å². The molecule has 0 aromatic heterocycles. The molecule has 0 saturated carbocycles. The first kappa shape index (κ1) is 13.1. The van der Waals surface area contributed by atoms with Crippen LogP contribution in [0.15, 0.2) is 30.4 Å². The zero-order valence-corrected chi connectivity index (χ0v) is 9.71. The van der Waals surface area contributed by atoms with Crippen LogP contribution in [0.4, 0.5) is 0 Å². The van der Waals surface area contributed by atoms with Gasteiger partial charge in [-0.3, -0.25) is 0 Å². The fourth-order valence-corrected chi connectivity index (χ4v) is 1.38. The number of nitrogens with two attached hydrogens (primary N) is 1. The van der Waals surface area contributed by atoms with E-state index in [1.807, 2.05) is 0 Å². The van der Waals surface area contributed by atoms with E-state index in [2.05, 4.69) is 0 Å². The van der Waals surface area contributed by atoms with Gasteiger partial charge in [-0.05, 0) is 12.1 Å². The van der Waals surface area contributed by atoms with Gasteiger partial charge in [0.25, 0.3) is 0 Å². The summed E-state index contributed by atoms with van der Waals surface area (Å²) in [6.45, 7) is 0. The van der Waals surface area contributed by atoms with Gasteiger partial charge >= 0.3 is 5.97 Å². The number of carbonyl (C=O) groups is 1. The molecule has 17 heavy (non-hydrogen) atoms. The molecule has 0 saturated heterocycles. The quantitative estimate of drug-likeness (QED) is 0.755. The van der Waals surface area contributed by atoms with Crippen molar-refractivity contribution in [2.75, 3.05) is 14.2 Å². The molecule has 5 heteroatoms. The van der Waals surface area contributed by atoms with Gasteiger partial charge in [0.2, 0.25) is 0 Å². The Morgan fingerprint density at radius 2 is 2.12 bits per heavy atom. The maximum absolute atomic E-state index is 10.4. The van der Waals surface area contributed by atoms with Gasteiger partial charge in [0.15, 0.2) is 0 Å². The number of carboxylic acids is 1. The molecule has 0 heterocycles. The lowest BCUT2D eigenvalue weighted by Crippen LogP contribution is -2.09. The molecule has 1 aromatic carbocycles. The van der Waals surface area contributed by atoms with Crippen LogP contribution in [0.3, 0.4) is 0 Å². The van der Waals surface area contributed by atoms with Crippen molar-refractivity contribution in [3.8, 4) is 11.5 Å². The summed E-state index contributed by atoms with van der Waals surface area (Å²) < 4.78 is 10.2. The largest absolute Gasteiger partial charge is 0.497 e. The molecule has 0 aliphatic carbocycles. The highest BCUT2D eigenvalue weighted by Crippen LogP contribution is 2.28. The van der Waals surface area contributed by atoms with Crippen LogP contribution in [0.5, 0.6) is 11.5 Å². The second kappa shape index (κ2) is 5.91. The van der Waals surface area contributed by atoms with Gasteiger partial charge in [-0.2, -0.15) is 0 Å². The molecule has 5 nitrogen and oxygen atoms in total. The predicted octanol–water partition coefficient (Wildman–Crippen LogP) is 1.34. The summed E-state index contributed by atoms with van der Waals surface area (Å²) in [5, 5.41) is 8.52. The molecular weight excluding hydrogens is 222 g/mol. The van der Waals surface area contributed by atoms with Crippen molar-refractivity contribution in [3.63, 3.8) is 0 Å². The van der Waals surface area contributed by atoms with Crippen LogP contribution < -0.4 is 15.2 Å². The third-order valence-corrected chi connectivity index (χ3v) is 2.25. The predicted molar refractivity (Wildman–Crippen MR) is 63.3 cm³/mol. The highest BCUT2D eigenvalue weighted by molar-refractivity contribution is 5.79. The summed E-state index contributed by atoms with van der Waals surface area (Å²) in [6, 6.07) is 4.65. The number of methoxy groups -OCH3 is 2. The number of carboxylic acid groups (broad SMARTS) is 1. The fourth-order valence-electron chi connectivity index (χ4n) is 1.38. The van der Waals surface area contributed by atoms with Crippen molar-refractivity contribution in [3.05, 3.63) is 35.9 Å². The minimum absolute atomic E-state index is 0.535. The number of hydrogen-bond acceptors (Lipinski definition) is 4. The Morgan fingerprint density at radius 3 is 2.65 bits per heavy atom. The van der Waals surface area contributed by atoms with Crippen LogP contribution in [0.2, 0.25) is 0 Å². The minimum Gasteiger partial charge on any atom is -0.497 e. The van der Waals surface area contributed by atoms with Gasteiger partial charge in [0, 0.05) is 17.7 Å². The summed E-state index contributed by atoms with van der Waals surface area (Å²) in [4.78, 5) is 10.4. The van der Waals surface area contributed by atoms with Crippen molar-refractivity contribution in [2.24, 2.45) is 5.73 Å². The van der Waals surface area contributed by atoms with Gasteiger partial charge in [0.05, 0.1) is 20.3 Å². The van der Waals surface area contributed by atoms with Gasteiger partial charge in [-0.25, -0.2) is 4.79 Å². The Morgan fingerprint density at radius 1 is 1.41 bits per heavy atom. The lowest BCUT2D eigenvalue weighted by molar-refractivity contribution is -0.131. The van der Waals surface area contributed by atoms with E-state index < -0.39 is 12.0 Å². The van der Waals surface area contributed by atoms with E-state index in [4.69, 9.17) is 20.3 Å². The van der Waals surface area contributed by atoms with Crippen LogP contribution in [0.1, 0.15) is 11.6 Å². The molecule has 0 bridgehead atoms. The van der Waals surface area contributed by atoms with Crippen molar-refractivity contribution >= 4 is 5.97 Å². The smallest absolute Gasteiger partial charge is 0.328 e. The molecule has 1 unspecified atom stereocenters. The number of aliphatic carboxylic acids is 1. The van der Waals surface area contributed by atoms with Crippen LogP contribution in [-0.2, 0) is 4.79 Å². The second-order valence-corrected chi connectivity index (χ2v) is 3.33. The van der Waals surface area contributed by atoms with Crippen LogP contribution in [-0.4, -0.2) is 25.3 Å². The Balaban J connectivity index is 3.00. The first-order chi connectivity index (χ1) is 8.08. The fraction of sp³-hybridized carbons (Fsp3) is 0.250. The Kier molecular flexibility index (Phi) is 4.54. The summed E-state index contributed by atoms with van der Waals surface area (Å²) >= 11 is 0. The molecule has 92 valence electrons. The Bertz CT molecular complexity index is 429.